The van der Waals surface area contributed by atoms with Gasteiger partial charge >= 0.3 is 5.97 Å². The Morgan fingerprint density at radius 2 is 2.17 bits per heavy atom. The number of fused-ring (bicyclic) bond motifs is 3. The third-order valence-electron chi connectivity index (χ3n) is 6.15. The molecule has 0 saturated carbocycles. The number of aromatic nitrogens is 4. The first-order chi connectivity index (χ1) is 14.4. The second-order valence-corrected chi connectivity index (χ2v) is 8.31. The van der Waals surface area contributed by atoms with Gasteiger partial charge in [0.2, 0.25) is 0 Å². The number of rotatable bonds is 6. The molecule has 0 bridgehead atoms. The van der Waals surface area contributed by atoms with Crippen molar-refractivity contribution < 1.29 is 9.90 Å². The molecule has 4 heterocycles. The highest BCUT2D eigenvalue weighted by Gasteiger charge is 2.34. The van der Waals surface area contributed by atoms with Crippen molar-refractivity contribution in [2.24, 2.45) is 5.92 Å². The lowest BCUT2D eigenvalue weighted by molar-refractivity contribution is -0.143. The van der Waals surface area contributed by atoms with E-state index >= 15 is 0 Å². The maximum Gasteiger partial charge on any atom is 0.321 e. The first kappa shape index (κ1) is 20.2. The minimum absolute atomic E-state index is 0.337. The Labute approximate surface area is 174 Å². The van der Waals surface area contributed by atoms with Crippen LogP contribution in [0.2, 0.25) is 0 Å². The molecule has 30 heavy (non-hydrogen) atoms. The van der Waals surface area contributed by atoms with E-state index in [0.717, 1.165) is 53.8 Å². The van der Waals surface area contributed by atoms with E-state index in [-0.39, 0.29) is 5.92 Å². The SMILES string of the molecule is CC(c1nc2cnc3[nH]ccc3c2n1N1CCC(CC#N)CC1)C(C(=O)O)N(C)C. The maximum atomic E-state index is 12.0. The summed E-state index contributed by atoms with van der Waals surface area (Å²) < 4.78 is 2.11. The number of likely N-dealkylation sites (N-methyl/N-ethyl adjacent to an activating group) is 1. The van der Waals surface area contributed by atoms with Gasteiger partial charge in [0.25, 0.3) is 0 Å². The third-order valence-corrected chi connectivity index (χ3v) is 6.15. The standard InChI is InChI=1S/C21H27N7O2/c1-13(17(21(29)30)26(2)3)20-25-16-12-24-19-15(5-9-23-19)18(16)28(20)27-10-6-14(4-8-22)7-11-27/h5,9,12-14,17H,4,6-7,10-11H2,1-3H3,(H,23,24)(H,29,30). The molecule has 2 atom stereocenters. The van der Waals surface area contributed by atoms with Crippen molar-refractivity contribution in [2.75, 3.05) is 32.2 Å². The van der Waals surface area contributed by atoms with E-state index in [4.69, 9.17) is 10.2 Å². The van der Waals surface area contributed by atoms with Crippen LogP contribution < -0.4 is 5.01 Å². The van der Waals surface area contributed by atoms with Gasteiger partial charge < -0.3 is 15.1 Å². The molecule has 9 nitrogen and oxygen atoms in total. The van der Waals surface area contributed by atoms with Crippen LogP contribution in [0.3, 0.4) is 0 Å². The Kier molecular flexibility index (Phi) is 5.35. The minimum Gasteiger partial charge on any atom is -0.480 e. The molecule has 1 fully saturated rings. The Hall–Kier alpha value is -3.12. The number of nitriles is 1. The molecule has 1 aliphatic heterocycles. The fourth-order valence-corrected chi connectivity index (χ4v) is 4.63. The second-order valence-electron chi connectivity index (χ2n) is 8.31. The molecule has 1 saturated heterocycles. The van der Waals surface area contributed by atoms with Crippen molar-refractivity contribution in [2.45, 2.75) is 38.1 Å². The van der Waals surface area contributed by atoms with Crippen LogP contribution in [0.25, 0.3) is 22.1 Å². The summed E-state index contributed by atoms with van der Waals surface area (Å²) in [5.41, 5.74) is 2.49. The van der Waals surface area contributed by atoms with E-state index in [9.17, 15) is 9.90 Å². The first-order valence-electron chi connectivity index (χ1n) is 10.3. The maximum absolute atomic E-state index is 12.0. The highest BCUT2D eigenvalue weighted by atomic mass is 16.4. The molecular weight excluding hydrogens is 382 g/mol. The van der Waals surface area contributed by atoms with Crippen molar-refractivity contribution in [3.8, 4) is 6.07 Å². The molecule has 0 spiro atoms. The Morgan fingerprint density at radius 1 is 1.43 bits per heavy atom. The predicted octanol–water partition coefficient (Wildman–Crippen LogP) is 2.29. The number of H-pyrrole nitrogens is 1. The monoisotopic (exact) mass is 409 g/mol. The smallest absolute Gasteiger partial charge is 0.321 e. The van der Waals surface area contributed by atoms with E-state index in [1.807, 2.05) is 19.2 Å². The topological polar surface area (TPSA) is 114 Å². The zero-order valence-corrected chi connectivity index (χ0v) is 17.5. The third kappa shape index (κ3) is 3.37. The van der Waals surface area contributed by atoms with Gasteiger partial charge in [-0.25, -0.2) is 14.6 Å². The van der Waals surface area contributed by atoms with Crippen LogP contribution in [0.1, 0.15) is 37.9 Å². The van der Waals surface area contributed by atoms with Gasteiger partial charge in [-0.05, 0) is 38.9 Å². The Bertz CT molecular complexity index is 1100. The largest absolute Gasteiger partial charge is 0.480 e. The minimum atomic E-state index is -0.872. The summed E-state index contributed by atoms with van der Waals surface area (Å²) >= 11 is 0. The Morgan fingerprint density at radius 3 is 2.80 bits per heavy atom. The number of carboxylic acid groups (broad SMARTS) is 1. The van der Waals surface area contributed by atoms with Crippen LogP contribution in [-0.4, -0.2) is 68.8 Å². The van der Waals surface area contributed by atoms with E-state index in [2.05, 4.69) is 25.7 Å². The number of imidazole rings is 1. The molecule has 3 aromatic rings. The van der Waals surface area contributed by atoms with E-state index < -0.39 is 12.0 Å². The van der Waals surface area contributed by atoms with Crippen LogP contribution in [0.4, 0.5) is 0 Å². The number of aliphatic carboxylic acids is 1. The molecule has 0 radical (unpaired) electrons. The average molecular weight is 409 g/mol. The number of nitrogens with one attached hydrogen (secondary N) is 1. The number of hydrogen-bond acceptors (Lipinski definition) is 6. The molecule has 1 aliphatic rings. The quantitative estimate of drug-likeness (QED) is 0.642. The summed E-state index contributed by atoms with van der Waals surface area (Å²) in [6, 6.07) is 3.57. The van der Waals surface area contributed by atoms with Crippen molar-refractivity contribution >= 4 is 28.0 Å². The van der Waals surface area contributed by atoms with Crippen LogP contribution >= 0.6 is 0 Å². The fraction of sp³-hybridized carbons (Fsp3) is 0.524. The normalized spacial score (nSPS) is 17.5. The number of nitrogens with zero attached hydrogens (tertiary/aromatic N) is 6. The molecule has 4 rings (SSSR count). The lowest BCUT2D eigenvalue weighted by Crippen LogP contribution is -2.45. The molecule has 3 aromatic heterocycles. The van der Waals surface area contributed by atoms with Crippen LogP contribution in [0, 0.1) is 17.2 Å². The van der Waals surface area contributed by atoms with Crippen LogP contribution in [-0.2, 0) is 4.79 Å². The predicted molar refractivity (Wildman–Crippen MR) is 114 cm³/mol. The summed E-state index contributed by atoms with van der Waals surface area (Å²) in [5, 5.41) is 22.1. The molecule has 9 heteroatoms. The highest BCUT2D eigenvalue weighted by Crippen LogP contribution is 2.31. The summed E-state index contributed by atoms with van der Waals surface area (Å²) in [4.78, 5) is 26.2. The molecule has 158 valence electrons. The van der Waals surface area contributed by atoms with Crippen molar-refractivity contribution in [3.63, 3.8) is 0 Å². The summed E-state index contributed by atoms with van der Waals surface area (Å²) in [5.74, 6) is -0.0794. The molecular formula is C21H27N7O2. The van der Waals surface area contributed by atoms with Gasteiger partial charge in [-0.15, -0.1) is 0 Å². The zero-order chi connectivity index (χ0) is 21.4. The number of carbonyl (C=O) groups is 1. The van der Waals surface area contributed by atoms with Gasteiger partial charge in [0.1, 0.15) is 28.5 Å². The number of piperidine rings is 1. The molecule has 2 N–H and O–H groups in total. The van der Waals surface area contributed by atoms with Crippen LogP contribution in [0.5, 0.6) is 0 Å². The van der Waals surface area contributed by atoms with Crippen LogP contribution in [0.15, 0.2) is 18.5 Å². The second kappa shape index (κ2) is 7.95. The van der Waals surface area contributed by atoms with Crippen molar-refractivity contribution in [1.29, 1.82) is 5.26 Å². The van der Waals surface area contributed by atoms with Gasteiger partial charge in [0.15, 0.2) is 0 Å². The van der Waals surface area contributed by atoms with E-state index in [1.54, 1.807) is 25.2 Å². The van der Waals surface area contributed by atoms with Gasteiger partial charge in [-0.3, -0.25) is 9.69 Å². The average Bonchev–Trinajstić information content (AvgIpc) is 3.32. The number of aromatic amines is 1. The van der Waals surface area contributed by atoms with Gasteiger partial charge in [0.05, 0.1) is 12.3 Å². The lowest BCUT2D eigenvalue weighted by Gasteiger charge is -2.36. The lowest BCUT2D eigenvalue weighted by atomic mass is 9.95. The number of pyridine rings is 1. The zero-order valence-electron chi connectivity index (χ0n) is 17.5. The first-order valence-corrected chi connectivity index (χ1v) is 10.3. The highest BCUT2D eigenvalue weighted by molar-refractivity contribution is 6.01. The summed E-state index contributed by atoms with van der Waals surface area (Å²) in [7, 11) is 3.56. The van der Waals surface area contributed by atoms with Crippen molar-refractivity contribution in [1.82, 2.24) is 24.5 Å². The number of carboxylic acids is 1. The number of hydrogen-bond donors (Lipinski definition) is 2. The summed E-state index contributed by atoms with van der Waals surface area (Å²) in [6.45, 7) is 3.51. The molecule has 0 aliphatic carbocycles. The molecule has 0 amide bonds. The van der Waals surface area contributed by atoms with E-state index in [1.165, 1.54) is 0 Å². The molecule has 0 aromatic carbocycles. The molecule has 2 unspecified atom stereocenters. The van der Waals surface area contributed by atoms with Gasteiger partial charge in [-0.1, -0.05) is 6.92 Å². The Balaban J connectivity index is 1.85. The fourth-order valence-electron chi connectivity index (χ4n) is 4.63. The van der Waals surface area contributed by atoms with Gasteiger partial charge in [-0.2, -0.15) is 5.26 Å². The van der Waals surface area contributed by atoms with Gasteiger partial charge in [0, 0.05) is 37.0 Å². The van der Waals surface area contributed by atoms with Crippen molar-refractivity contribution in [3.05, 3.63) is 24.3 Å². The van der Waals surface area contributed by atoms with E-state index in [0.29, 0.717) is 12.3 Å². The summed E-state index contributed by atoms with van der Waals surface area (Å²) in [6.07, 6.45) is 6.04.